The molecule has 0 aromatic heterocycles. The highest BCUT2D eigenvalue weighted by molar-refractivity contribution is 5.71. The van der Waals surface area contributed by atoms with Crippen LogP contribution in [-0.2, 0) is 28.6 Å². The maximum atomic E-state index is 12.7. The maximum absolute atomic E-state index is 12.7. The molecule has 6 heteroatoms. The molecule has 55 heavy (non-hydrogen) atoms. The number of carbonyl (C=O) groups is 3. The summed E-state index contributed by atoms with van der Waals surface area (Å²) in [4.78, 5) is 37.7. The van der Waals surface area contributed by atoms with Gasteiger partial charge in [-0.05, 0) is 70.6 Å². The van der Waals surface area contributed by atoms with Crippen molar-refractivity contribution in [3.05, 3.63) is 36.5 Å². The van der Waals surface area contributed by atoms with Crippen LogP contribution in [-0.4, -0.2) is 37.2 Å². The number of ether oxygens (including phenoxy) is 3. The number of carbonyl (C=O) groups excluding carboxylic acids is 3. The molecule has 0 aromatic carbocycles. The van der Waals surface area contributed by atoms with Crippen LogP contribution >= 0.6 is 0 Å². The smallest absolute Gasteiger partial charge is 0.306 e. The summed E-state index contributed by atoms with van der Waals surface area (Å²) in [7, 11) is 0. The Labute approximate surface area is 340 Å². The molecule has 0 aliphatic rings. The minimum absolute atomic E-state index is 0.0794. The zero-order valence-corrected chi connectivity index (χ0v) is 36.4. The Morgan fingerprint density at radius 3 is 1.11 bits per heavy atom. The van der Waals surface area contributed by atoms with Crippen molar-refractivity contribution in [3.63, 3.8) is 0 Å². The van der Waals surface area contributed by atoms with Crippen LogP contribution in [0.1, 0.15) is 239 Å². The fourth-order valence-corrected chi connectivity index (χ4v) is 6.53. The van der Waals surface area contributed by atoms with E-state index in [1.54, 1.807) is 0 Å². The van der Waals surface area contributed by atoms with Gasteiger partial charge in [0.05, 0.1) is 0 Å². The lowest BCUT2D eigenvalue weighted by atomic mass is 10.1. The van der Waals surface area contributed by atoms with Crippen LogP contribution in [0.4, 0.5) is 0 Å². The summed E-state index contributed by atoms with van der Waals surface area (Å²) in [5.74, 6) is -0.901. The molecule has 0 saturated carbocycles. The Bertz CT molecular complexity index is 938. The molecular weight excluding hydrogens is 685 g/mol. The summed E-state index contributed by atoms with van der Waals surface area (Å²) in [5, 5.41) is 0. The average Bonchev–Trinajstić information content (AvgIpc) is 3.18. The van der Waals surface area contributed by atoms with Crippen molar-refractivity contribution in [2.75, 3.05) is 13.2 Å². The van der Waals surface area contributed by atoms with Crippen LogP contribution in [0.15, 0.2) is 36.5 Å². The van der Waals surface area contributed by atoms with E-state index >= 15 is 0 Å². The molecule has 0 heterocycles. The summed E-state index contributed by atoms with van der Waals surface area (Å²) < 4.78 is 16.7. The third-order valence-electron chi connectivity index (χ3n) is 10.1. The predicted octanol–water partition coefficient (Wildman–Crippen LogP) is 15.0. The molecule has 0 aliphatic heterocycles. The van der Waals surface area contributed by atoms with E-state index in [4.69, 9.17) is 14.2 Å². The minimum atomic E-state index is -0.775. The van der Waals surface area contributed by atoms with Crippen LogP contribution in [0.25, 0.3) is 0 Å². The zero-order valence-electron chi connectivity index (χ0n) is 36.4. The van der Waals surface area contributed by atoms with Gasteiger partial charge in [0.25, 0.3) is 0 Å². The van der Waals surface area contributed by atoms with Gasteiger partial charge in [-0.1, -0.05) is 186 Å². The van der Waals surface area contributed by atoms with Gasteiger partial charge in [0.15, 0.2) is 6.10 Å². The maximum Gasteiger partial charge on any atom is 0.306 e. The van der Waals surface area contributed by atoms with Gasteiger partial charge in [-0.15, -0.1) is 0 Å². The topological polar surface area (TPSA) is 78.9 Å². The SMILES string of the molecule is CCC/C=C\CCCCCCCC(=O)OCC(COC(=O)CCCCCCC/C=C\C/C=C\CCCCCC)OC(=O)CCCCCCCCCCCCC. The molecule has 1 atom stereocenters. The number of hydrogen-bond donors (Lipinski definition) is 0. The van der Waals surface area contributed by atoms with Crippen LogP contribution < -0.4 is 0 Å². The van der Waals surface area contributed by atoms with Gasteiger partial charge < -0.3 is 14.2 Å². The quantitative estimate of drug-likeness (QED) is 0.0266. The molecule has 0 spiro atoms. The van der Waals surface area contributed by atoms with E-state index in [9.17, 15) is 14.4 Å². The molecular formula is C49H88O6. The Balaban J connectivity index is 4.36. The number of hydrogen-bond acceptors (Lipinski definition) is 6. The van der Waals surface area contributed by atoms with Crippen molar-refractivity contribution in [1.29, 1.82) is 0 Å². The number of unbranched alkanes of at least 4 members (excludes halogenated alkanes) is 25. The van der Waals surface area contributed by atoms with Gasteiger partial charge in [0.2, 0.25) is 0 Å². The Hall–Kier alpha value is -2.37. The summed E-state index contributed by atoms with van der Waals surface area (Å²) >= 11 is 0. The molecule has 6 nitrogen and oxygen atoms in total. The molecule has 0 saturated heterocycles. The van der Waals surface area contributed by atoms with Gasteiger partial charge >= 0.3 is 17.9 Å². The van der Waals surface area contributed by atoms with Gasteiger partial charge in [-0.3, -0.25) is 14.4 Å². The first-order chi connectivity index (χ1) is 27.0. The molecule has 0 radical (unpaired) electrons. The second kappa shape index (κ2) is 44.3. The first-order valence-corrected chi connectivity index (χ1v) is 23.5. The van der Waals surface area contributed by atoms with Crippen molar-refractivity contribution < 1.29 is 28.6 Å². The van der Waals surface area contributed by atoms with E-state index in [2.05, 4.69) is 57.2 Å². The molecule has 320 valence electrons. The van der Waals surface area contributed by atoms with E-state index < -0.39 is 6.10 Å². The highest BCUT2D eigenvalue weighted by atomic mass is 16.6. The molecule has 0 aromatic rings. The first kappa shape index (κ1) is 52.6. The van der Waals surface area contributed by atoms with Crippen molar-refractivity contribution in [3.8, 4) is 0 Å². The van der Waals surface area contributed by atoms with Gasteiger partial charge in [-0.2, -0.15) is 0 Å². The standard InChI is InChI=1S/C49H88O6/c1-4-7-10-13-16-19-22-23-24-25-26-28-30-33-36-39-42-48(51)54-45-46(44-53-47(50)41-38-35-32-29-21-18-15-12-9-6-3)55-49(52)43-40-37-34-31-27-20-17-14-11-8-5-2/h12,15,19,22,24-25,46H,4-11,13-14,16-18,20-21,23,26-45H2,1-3H3/b15-12-,22-19-,25-24-. The third kappa shape index (κ3) is 42.6. The van der Waals surface area contributed by atoms with Gasteiger partial charge in [-0.25, -0.2) is 0 Å². The normalized spacial score (nSPS) is 12.3. The Morgan fingerprint density at radius 2 is 0.691 bits per heavy atom. The van der Waals surface area contributed by atoms with E-state index in [0.717, 1.165) is 89.9 Å². The largest absolute Gasteiger partial charge is 0.462 e. The monoisotopic (exact) mass is 773 g/mol. The van der Waals surface area contributed by atoms with E-state index in [1.807, 2.05) is 0 Å². The lowest BCUT2D eigenvalue weighted by Gasteiger charge is -2.18. The minimum Gasteiger partial charge on any atom is -0.462 e. The van der Waals surface area contributed by atoms with E-state index in [-0.39, 0.29) is 31.1 Å². The van der Waals surface area contributed by atoms with Crippen LogP contribution in [0.3, 0.4) is 0 Å². The third-order valence-corrected chi connectivity index (χ3v) is 10.1. The number of rotatable bonds is 42. The van der Waals surface area contributed by atoms with Gasteiger partial charge in [0, 0.05) is 19.3 Å². The first-order valence-electron chi connectivity index (χ1n) is 23.5. The highest BCUT2D eigenvalue weighted by Gasteiger charge is 2.19. The molecule has 0 aliphatic carbocycles. The predicted molar refractivity (Wildman–Crippen MR) is 233 cm³/mol. The molecule has 0 N–H and O–H groups in total. The van der Waals surface area contributed by atoms with Crippen LogP contribution in [0.2, 0.25) is 0 Å². The summed E-state index contributed by atoms with van der Waals surface area (Å²) in [6.45, 7) is 6.53. The lowest BCUT2D eigenvalue weighted by molar-refractivity contribution is -0.167. The molecule has 0 rings (SSSR count). The summed E-state index contributed by atoms with van der Waals surface area (Å²) in [6.07, 6.45) is 49.8. The van der Waals surface area contributed by atoms with E-state index in [1.165, 1.54) is 109 Å². The molecule has 0 bridgehead atoms. The molecule has 1 unspecified atom stereocenters. The average molecular weight is 773 g/mol. The Morgan fingerprint density at radius 1 is 0.364 bits per heavy atom. The van der Waals surface area contributed by atoms with Crippen molar-refractivity contribution >= 4 is 17.9 Å². The number of esters is 3. The van der Waals surface area contributed by atoms with Crippen molar-refractivity contribution in [2.45, 2.75) is 245 Å². The lowest BCUT2D eigenvalue weighted by Crippen LogP contribution is -2.30. The van der Waals surface area contributed by atoms with Gasteiger partial charge in [0.1, 0.15) is 13.2 Å². The summed E-state index contributed by atoms with van der Waals surface area (Å²) in [6, 6.07) is 0. The molecule has 0 amide bonds. The van der Waals surface area contributed by atoms with E-state index in [0.29, 0.717) is 19.3 Å². The van der Waals surface area contributed by atoms with Crippen LogP contribution in [0, 0.1) is 0 Å². The number of allylic oxidation sites excluding steroid dienone is 6. The second-order valence-electron chi connectivity index (χ2n) is 15.7. The fraction of sp³-hybridized carbons (Fsp3) is 0.816. The van der Waals surface area contributed by atoms with Crippen molar-refractivity contribution in [1.82, 2.24) is 0 Å². The molecule has 0 fully saturated rings. The Kier molecular flexibility index (Phi) is 42.4. The van der Waals surface area contributed by atoms with Crippen molar-refractivity contribution in [2.24, 2.45) is 0 Å². The fourth-order valence-electron chi connectivity index (χ4n) is 6.53. The summed E-state index contributed by atoms with van der Waals surface area (Å²) in [5.41, 5.74) is 0. The zero-order chi connectivity index (χ0) is 40.1. The highest BCUT2D eigenvalue weighted by Crippen LogP contribution is 2.14. The second-order valence-corrected chi connectivity index (χ2v) is 15.7. The van der Waals surface area contributed by atoms with Crippen LogP contribution in [0.5, 0.6) is 0 Å².